The van der Waals surface area contributed by atoms with Crippen molar-refractivity contribution in [1.29, 1.82) is 0 Å². The van der Waals surface area contributed by atoms with Gasteiger partial charge in [0.1, 0.15) is 0 Å². The standard InChI is InChI=1S/C16H17NO/c1-17-15(13-8-4-2-5-9-13)12-16(18)14-10-6-3-7-11-14/h2-11,15,17H,12H2,1H3. The molecule has 0 heterocycles. The molecule has 0 saturated heterocycles. The Hall–Kier alpha value is -1.93. The van der Waals surface area contributed by atoms with Crippen molar-refractivity contribution in [3.05, 3.63) is 71.8 Å². The largest absolute Gasteiger partial charge is 0.313 e. The SMILES string of the molecule is CNC(CC(=O)c1ccccc1)c1ccccc1. The highest BCUT2D eigenvalue weighted by Crippen LogP contribution is 2.18. The Balaban J connectivity index is 2.10. The van der Waals surface area contributed by atoms with E-state index in [0.717, 1.165) is 11.1 Å². The lowest BCUT2D eigenvalue weighted by molar-refractivity contribution is 0.0970. The summed E-state index contributed by atoms with van der Waals surface area (Å²) in [5.74, 6) is 0.166. The number of carbonyl (C=O) groups excluding carboxylic acids is 1. The lowest BCUT2D eigenvalue weighted by atomic mass is 9.98. The van der Waals surface area contributed by atoms with Crippen LogP contribution in [-0.4, -0.2) is 12.8 Å². The molecule has 0 spiro atoms. The Morgan fingerprint density at radius 3 is 2.11 bits per heavy atom. The van der Waals surface area contributed by atoms with Crippen LogP contribution < -0.4 is 5.32 Å². The van der Waals surface area contributed by atoms with Crippen LogP contribution in [0.5, 0.6) is 0 Å². The van der Waals surface area contributed by atoms with Gasteiger partial charge in [0.25, 0.3) is 0 Å². The number of ketones is 1. The molecule has 0 aromatic heterocycles. The molecule has 0 fully saturated rings. The molecular weight excluding hydrogens is 222 g/mol. The zero-order chi connectivity index (χ0) is 12.8. The third kappa shape index (κ3) is 3.05. The predicted octanol–water partition coefficient (Wildman–Crippen LogP) is 3.22. The Bertz CT molecular complexity index is 493. The smallest absolute Gasteiger partial charge is 0.164 e. The fourth-order valence-corrected chi connectivity index (χ4v) is 2.00. The zero-order valence-corrected chi connectivity index (χ0v) is 10.5. The zero-order valence-electron chi connectivity index (χ0n) is 10.5. The Labute approximate surface area is 108 Å². The van der Waals surface area contributed by atoms with Gasteiger partial charge in [-0.1, -0.05) is 60.7 Å². The summed E-state index contributed by atoms with van der Waals surface area (Å²) in [6, 6.07) is 19.5. The second-order valence-electron chi connectivity index (χ2n) is 4.25. The minimum atomic E-state index is 0.0684. The van der Waals surface area contributed by atoms with Gasteiger partial charge in [0.2, 0.25) is 0 Å². The molecular formula is C16H17NO. The van der Waals surface area contributed by atoms with Crippen molar-refractivity contribution in [3.63, 3.8) is 0 Å². The predicted molar refractivity (Wildman–Crippen MR) is 73.6 cm³/mol. The number of hydrogen-bond acceptors (Lipinski definition) is 2. The van der Waals surface area contributed by atoms with Crippen LogP contribution in [0.15, 0.2) is 60.7 Å². The first-order valence-corrected chi connectivity index (χ1v) is 6.11. The Morgan fingerprint density at radius 1 is 1.00 bits per heavy atom. The molecule has 0 aliphatic heterocycles. The monoisotopic (exact) mass is 239 g/mol. The summed E-state index contributed by atoms with van der Waals surface area (Å²) in [5.41, 5.74) is 1.91. The summed E-state index contributed by atoms with van der Waals surface area (Å²) >= 11 is 0. The van der Waals surface area contributed by atoms with Gasteiger partial charge in [-0.15, -0.1) is 0 Å². The third-order valence-corrected chi connectivity index (χ3v) is 3.04. The Morgan fingerprint density at radius 2 is 1.56 bits per heavy atom. The van der Waals surface area contributed by atoms with E-state index in [-0.39, 0.29) is 11.8 Å². The van der Waals surface area contributed by atoms with Crippen LogP contribution in [0.1, 0.15) is 28.4 Å². The number of benzene rings is 2. The van der Waals surface area contributed by atoms with Crippen LogP contribution in [0.25, 0.3) is 0 Å². The van der Waals surface area contributed by atoms with Crippen LogP contribution in [0, 0.1) is 0 Å². The van der Waals surface area contributed by atoms with Crippen LogP contribution in [0.4, 0.5) is 0 Å². The van der Waals surface area contributed by atoms with Gasteiger partial charge in [-0.3, -0.25) is 4.79 Å². The van der Waals surface area contributed by atoms with Gasteiger partial charge < -0.3 is 5.32 Å². The third-order valence-electron chi connectivity index (χ3n) is 3.04. The first-order valence-electron chi connectivity index (χ1n) is 6.11. The van der Waals surface area contributed by atoms with E-state index in [1.165, 1.54) is 0 Å². The molecule has 2 nitrogen and oxygen atoms in total. The van der Waals surface area contributed by atoms with Crippen molar-refractivity contribution < 1.29 is 4.79 Å². The second kappa shape index (κ2) is 6.12. The number of carbonyl (C=O) groups is 1. The van der Waals surface area contributed by atoms with E-state index in [4.69, 9.17) is 0 Å². The molecule has 2 aromatic rings. The van der Waals surface area contributed by atoms with Crippen molar-refractivity contribution in [3.8, 4) is 0 Å². The van der Waals surface area contributed by atoms with Crippen molar-refractivity contribution >= 4 is 5.78 Å². The van der Waals surface area contributed by atoms with Crippen molar-refractivity contribution in [1.82, 2.24) is 5.32 Å². The number of nitrogens with one attached hydrogen (secondary N) is 1. The van der Waals surface area contributed by atoms with Gasteiger partial charge in [-0.25, -0.2) is 0 Å². The summed E-state index contributed by atoms with van der Waals surface area (Å²) in [7, 11) is 1.88. The van der Waals surface area contributed by atoms with E-state index in [9.17, 15) is 4.79 Å². The molecule has 0 bridgehead atoms. The Kier molecular flexibility index (Phi) is 4.26. The minimum absolute atomic E-state index is 0.0684. The van der Waals surface area contributed by atoms with Gasteiger partial charge >= 0.3 is 0 Å². The number of Topliss-reactive ketones (excluding diaryl/α,β-unsaturated/α-hetero) is 1. The number of rotatable bonds is 5. The van der Waals surface area contributed by atoms with E-state index in [1.807, 2.05) is 67.7 Å². The molecule has 2 rings (SSSR count). The van der Waals surface area contributed by atoms with Crippen LogP contribution >= 0.6 is 0 Å². The summed E-state index contributed by atoms with van der Waals surface area (Å²) in [5, 5.41) is 3.20. The summed E-state index contributed by atoms with van der Waals surface area (Å²) in [4.78, 5) is 12.1. The molecule has 1 atom stereocenters. The normalized spacial score (nSPS) is 12.1. The highest BCUT2D eigenvalue weighted by atomic mass is 16.1. The molecule has 0 amide bonds. The van der Waals surface area contributed by atoms with E-state index < -0.39 is 0 Å². The van der Waals surface area contributed by atoms with Gasteiger partial charge in [0.15, 0.2) is 5.78 Å². The molecule has 2 aromatic carbocycles. The first-order chi connectivity index (χ1) is 8.81. The fraction of sp³-hybridized carbons (Fsp3) is 0.188. The van der Waals surface area contributed by atoms with Crippen LogP contribution in [-0.2, 0) is 0 Å². The van der Waals surface area contributed by atoms with Gasteiger partial charge in [-0.05, 0) is 12.6 Å². The average Bonchev–Trinajstić information content (AvgIpc) is 2.46. The highest BCUT2D eigenvalue weighted by Gasteiger charge is 2.14. The quantitative estimate of drug-likeness (QED) is 0.812. The molecule has 0 radical (unpaired) electrons. The van der Waals surface area contributed by atoms with Crippen molar-refractivity contribution in [2.24, 2.45) is 0 Å². The molecule has 0 saturated carbocycles. The molecule has 18 heavy (non-hydrogen) atoms. The van der Waals surface area contributed by atoms with E-state index in [1.54, 1.807) is 0 Å². The first kappa shape index (κ1) is 12.5. The minimum Gasteiger partial charge on any atom is -0.313 e. The number of hydrogen-bond donors (Lipinski definition) is 1. The molecule has 92 valence electrons. The highest BCUT2D eigenvalue weighted by molar-refractivity contribution is 5.96. The van der Waals surface area contributed by atoms with Crippen molar-refractivity contribution in [2.45, 2.75) is 12.5 Å². The maximum atomic E-state index is 12.1. The van der Waals surface area contributed by atoms with Crippen LogP contribution in [0.2, 0.25) is 0 Å². The molecule has 0 aliphatic carbocycles. The van der Waals surface area contributed by atoms with E-state index in [2.05, 4.69) is 5.32 Å². The van der Waals surface area contributed by atoms with Gasteiger partial charge in [0, 0.05) is 18.0 Å². The van der Waals surface area contributed by atoms with Crippen LogP contribution in [0.3, 0.4) is 0 Å². The van der Waals surface area contributed by atoms with Gasteiger partial charge in [0.05, 0.1) is 0 Å². The fourth-order valence-electron chi connectivity index (χ4n) is 2.00. The molecule has 1 N–H and O–H groups in total. The maximum absolute atomic E-state index is 12.1. The van der Waals surface area contributed by atoms with E-state index in [0.29, 0.717) is 6.42 Å². The molecule has 0 aliphatic rings. The topological polar surface area (TPSA) is 29.1 Å². The molecule has 2 heteroatoms. The lowest BCUT2D eigenvalue weighted by Gasteiger charge is -2.15. The van der Waals surface area contributed by atoms with Gasteiger partial charge in [-0.2, -0.15) is 0 Å². The summed E-state index contributed by atoms with van der Waals surface area (Å²) in [6.45, 7) is 0. The average molecular weight is 239 g/mol. The summed E-state index contributed by atoms with van der Waals surface area (Å²) < 4.78 is 0. The second-order valence-corrected chi connectivity index (χ2v) is 4.25. The summed E-state index contributed by atoms with van der Waals surface area (Å²) in [6.07, 6.45) is 0.477. The lowest BCUT2D eigenvalue weighted by Crippen LogP contribution is -2.20. The van der Waals surface area contributed by atoms with E-state index >= 15 is 0 Å². The maximum Gasteiger partial charge on any atom is 0.164 e. The van der Waals surface area contributed by atoms with Crippen molar-refractivity contribution in [2.75, 3.05) is 7.05 Å². The molecule has 1 unspecified atom stereocenters.